The van der Waals surface area contributed by atoms with Crippen LogP contribution in [0.1, 0.15) is 37.7 Å². The second-order valence-electron chi connectivity index (χ2n) is 5.66. The van der Waals surface area contributed by atoms with Crippen LogP contribution in [0.2, 0.25) is 0 Å². The van der Waals surface area contributed by atoms with E-state index in [1.807, 2.05) is 12.1 Å². The standard InChI is InChI=1S/C16H24BrNO/c1-18(11-13-6-4-3-5-7-13)12-14-10-15(17)8-9-16(14)19-2/h8-10,13H,3-7,11-12H2,1-2H3. The number of halogens is 1. The first-order valence-electron chi connectivity index (χ1n) is 7.20. The van der Waals surface area contributed by atoms with E-state index in [0.29, 0.717) is 0 Å². The summed E-state index contributed by atoms with van der Waals surface area (Å²) in [5.74, 6) is 1.87. The Labute approximate surface area is 125 Å². The molecule has 0 amide bonds. The van der Waals surface area contributed by atoms with Crippen LogP contribution < -0.4 is 4.74 Å². The zero-order valence-electron chi connectivity index (χ0n) is 12.0. The highest BCUT2D eigenvalue weighted by atomic mass is 79.9. The Hall–Kier alpha value is -0.540. The molecule has 0 spiro atoms. The van der Waals surface area contributed by atoms with Crippen LogP contribution >= 0.6 is 15.9 Å². The molecule has 19 heavy (non-hydrogen) atoms. The molecule has 0 N–H and O–H groups in total. The average molecular weight is 326 g/mol. The van der Waals surface area contributed by atoms with Crippen molar-refractivity contribution in [3.8, 4) is 5.75 Å². The van der Waals surface area contributed by atoms with Gasteiger partial charge < -0.3 is 9.64 Å². The Morgan fingerprint density at radius 2 is 2.00 bits per heavy atom. The Bertz CT molecular complexity index is 402. The van der Waals surface area contributed by atoms with E-state index in [2.05, 4.69) is 33.9 Å². The van der Waals surface area contributed by atoms with E-state index in [4.69, 9.17) is 4.74 Å². The summed E-state index contributed by atoms with van der Waals surface area (Å²) in [6.07, 6.45) is 7.07. The quantitative estimate of drug-likeness (QED) is 0.791. The maximum Gasteiger partial charge on any atom is 0.123 e. The van der Waals surface area contributed by atoms with Gasteiger partial charge in [-0.15, -0.1) is 0 Å². The summed E-state index contributed by atoms with van der Waals surface area (Å²) in [7, 11) is 3.96. The van der Waals surface area contributed by atoms with Crippen molar-refractivity contribution in [2.45, 2.75) is 38.6 Å². The van der Waals surface area contributed by atoms with Gasteiger partial charge in [0.05, 0.1) is 7.11 Å². The van der Waals surface area contributed by atoms with Crippen LogP contribution in [0.25, 0.3) is 0 Å². The van der Waals surface area contributed by atoms with E-state index in [1.165, 1.54) is 44.2 Å². The fraction of sp³-hybridized carbons (Fsp3) is 0.625. The van der Waals surface area contributed by atoms with Crippen LogP contribution in [-0.2, 0) is 6.54 Å². The molecule has 0 radical (unpaired) electrons. The van der Waals surface area contributed by atoms with E-state index < -0.39 is 0 Å². The van der Waals surface area contributed by atoms with Crippen molar-refractivity contribution >= 4 is 15.9 Å². The van der Waals surface area contributed by atoms with Crippen LogP contribution in [0.5, 0.6) is 5.75 Å². The molecule has 3 heteroatoms. The highest BCUT2D eigenvalue weighted by Gasteiger charge is 2.16. The van der Waals surface area contributed by atoms with Crippen molar-refractivity contribution in [2.75, 3.05) is 20.7 Å². The second kappa shape index (κ2) is 7.30. The van der Waals surface area contributed by atoms with E-state index in [9.17, 15) is 0 Å². The topological polar surface area (TPSA) is 12.5 Å². The van der Waals surface area contributed by atoms with Gasteiger partial charge in [-0.05, 0) is 44.0 Å². The molecule has 1 fully saturated rings. The Morgan fingerprint density at radius 1 is 1.26 bits per heavy atom. The van der Waals surface area contributed by atoms with E-state index >= 15 is 0 Å². The smallest absolute Gasteiger partial charge is 0.123 e. The molecule has 0 aromatic heterocycles. The molecule has 1 saturated carbocycles. The number of ether oxygens (including phenoxy) is 1. The lowest BCUT2D eigenvalue weighted by Crippen LogP contribution is -2.26. The van der Waals surface area contributed by atoms with Gasteiger partial charge in [0.2, 0.25) is 0 Å². The highest BCUT2D eigenvalue weighted by molar-refractivity contribution is 9.10. The molecule has 0 atom stereocenters. The Balaban J connectivity index is 1.93. The zero-order valence-corrected chi connectivity index (χ0v) is 13.6. The molecule has 106 valence electrons. The van der Waals surface area contributed by atoms with E-state index in [1.54, 1.807) is 7.11 Å². The van der Waals surface area contributed by atoms with Crippen molar-refractivity contribution in [1.29, 1.82) is 0 Å². The van der Waals surface area contributed by atoms with Gasteiger partial charge in [-0.25, -0.2) is 0 Å². The molecule has 1 aliphatic carbocycles. The number of hydrogen-bond acceptors (Lipinski definition) is 2. The second-order valence-corrected chi connectivity index (χ2v) is 6.57. The largest absolute Gasteiger partial charge is 0.496 e. The van der Waals surface area contributed by atoms with Crippen LogP contribution in [0.15, 0.2) is 22.7 Å². The van der Waals surface area contributed by atoms with Crippen LogP contribution in [0.4, 0.5) is 0 Å². The summed E-state index contributed by atoms with van der Waals surface area (Å²) in [6, 6.07) is 6.23. The predicted octanol–water partition coefficient (Wildman–Crippen LogP) is 4.47. The fourth-order valence-electron chi connectivity index (χ4n) is 3.04. The van der Waals surface area contributed by atoms with Crippen molar-refractivity contribution in [3.63, 3.8) is 0 Å². The minimum Gasteiger partial charge on any atom is -0.496 e. The molecule has 0 heterocycles. The molecule has 1 aromatic carbocycles. The Morgan fingerprint density at radius 3 is 2.68 bits per heavy atom. The fourth-order valence-corrected chi connectivity index (χ4v) is 3.45. The van der Waals surface area contributed by atoms with Gasteiger partial charge in [0.15, 0.2) is 0 Å². The first kappa shape index (κ1) is 14.9. The lowest BCUT2D eigenvalue weighted by atomic mass is 9.89. The lowest BCUT2D eigenvalue weighted by molar-refractivity contribution is 0.226. The van der Waals surface area contributed by atoms with E-state index in [-0.39, 0.29) is 0 Å². The minimum atomic E-state index is 0.886. The molecule has 0 aliphatic heterocycles. The van der Waals surface area contributed by atoms with Gasteiger partial charge in [0.25, 0.3) is 0 Å². The van der Waals surface area contributed by atoms with E-state index in [0.717, 1.165) is 22.7 Å². The summed E-state index contributed by atoms with van der Waals surface area (Å²) in [5, 5.41) is 0. The predicted molar refractivity (Wildman–Crippen MR) is 83.6 cm³/mol. The third kappa shape index (κ3) is 4.50. The SMILES string of the molecule is COc1ccc(Br)cc1CN(C)CC1CCCCC1. The van der Waals surface area contributed by atoms with Crippen LogP contribution in [0.3, 0.4) is 0 Å². The molecule has 0 unspecified atom stereocenters. The first-order chi connectivity index (χ1) is 9.19. The molecule has 0 bridgehead atoms. The van der Waals surface area contributed by atoms with Crippen molar-refractivity contribution in [2.24, 2.45) is 5.92 Å². The third-order valence-corrected chi connectivity index (χ3v) is 4.47. The summed E-state index contributed by atoms with van der Waals surface area (Å²) in [4.78, 5) is 2.43. The first-order valence-corrected chi connectivity index (χ1v) is 7.99. The molecule has 2 nitrogen and oxygen atoms in total. The third-order valence-electron chi connectivity index (χ3n) is 3.98. The summed E-state index contributed by atoms with van der Waals surface area (Å²) < 4.78 is 6.56. The molecular weight excluding hydrogens is 302 g/mol. The van der Waals surface area contributed by atoms with Crippen molar-refractivity contribution < 1.29 is 4.74 Å². The van der Waals surface area contributed by atoms with Gasteiger partial charge in [-0.1, -0.05) is 35.2 Å². The maximum absolute atomic E-state index is 5.44. The average Bonchev–Trinajstić information content (AvgIpc) is 2.40. The number of benzene rings is 1. The van der Waals surface area contributed by atoms with Gasteiger partial charge in [0.1, 0.15) is 5.75 Å². The summed E-state index contributed by atoms with van der Waals surface area (Å²) in [5.41, 5.74) is 1.26. The van der Waals surface area contributed by atoms with Crippen LogP contribution in [-0.4, -0.2) is 25.6 Å². The molecule has 2 rings (SSSR count). The monoisotopic (exact) mass is 325 g/mol. The van der Waals surface area contributed by atoms with Crippen molar-refractivity contribution in [3.05, 3.63) is 28.2 Å². The van der Waals surface area contributed by atoms with Gasteiger partial charge >= 0.3 is 0 Å². The molecule has 0 saturated heterocycles. The number of rotatable bonds is 5. The lowest BCUT2D eigenvalue weighted by Gasteiger charge is -2.27. The van der Waals surface area contributed by atoms with Crippen LogP contribution in [0, 0.1) is 5.92 Å². The molecule has 1 aromatic rings. The summed E-state index contributed by atoms with van der Waals surface area (Å²) >= 11 is 3.54. The minimum absolute atomic E-state index is 0.886. The van der Waals surface area contributed by atoms with Gasteiger partial charge in [0, 0.05) is 23.1 Å². The Kier molecular flexibility index (Phi) is 5.71. The van der Waals surface area contributed by atoms with Crippen molar-refractivity contribution in [1.82, 2.24) is 4.90 Å². The highest BCUT2D eigenvalue weighted by Crippen LogP contribution is 2.27. The number of methoxy groups -OCH3 is 1. The molecule has 1 aliphatic rings. The van der Waals surface area contributed by atoms with Gasteiger partial charge in [-0.2, -0.15) is 0 Å². The maximum atomic E-state index is 5.44. The van der Waals surface area contributed by atoms with Gasteiger partial charge in [-0.3, -0.25) is 0 Å². The zero-order chi connectivity index (χ0) is 13.7. The normalized spacial score (nSPS) is 16.8. The molecular formula is C16H24BrNO. The number of hydrogen-bond donors (Lipinski definition) is 0. The number of nitrogens with zero attached hydrogens (tertiary/aromatic N) is 1. The summed E-state index contributed by atoms with van der Waals surface area (Å²) in [6.45, 7) is 2.16.